The highest BCUT2D eigenvalue weighted by molar-refractivity contribution is 6.05. The van der Waals surface area contributed by atoms with Gasteiger partial charge in [-0.25, -0.2) is 0 Å². The summed E-state index contributed by atoms with van der Waals surface area (Å²) < 4.78 is 0. The van der Waals surface area contributed by atoms with Crippen LogP contribution in [0.25, 0.3) is 0 Å². The average molecular weight is 227 g/mol. The summed E-state index contributed by atoms with van der Waals surface area (Å²) >= 11 is 0. The second kappa shape index (κ2) is 4.21. The highest BCUT2D eigenvalue weighted by Crippen LogP contribution is 2.14. The molecule has 1 atom stereocenters. The van der Waals surface area contributed by atoms with Crippen molar-refractivity contribution < 1.29 is 14.4 Å². The van der Waals surface area contributed by atoms with Crippen LogP contribution in [0.1, 0.15) is 27.2 Å². The van der Waals surface area contributed by atoms with E-state index in [0.29, 0.717) is 6.42 Å². The number of carbonyl (C=O) groups is 3. The predicted molar refractivity (Wildman–Crippen MR) is 57.2 cm³/mol. The van der Waals surface area contributed by atoms with Crippen molar-refractivity contribution >= 4 is 17.7 Å². The van der Waals surface area contributed by atoms with Crippen molar-refractivity contribution in [2.24, 2.45) is 5.73 Å². The van der Waals surface area contributed by atoms with Gasteiger partial charge in [-0.15, -0.1) is 0 Å². The van der Waals surface area contributed by atoms with Crippen LogP contribution in [0.4, 0.5) is 0 Å². The van der Waals surface area contributed by atoms with E-state index in [1.54, 1.807) is 20.8 Å². The van der Waals surface area contributed by atoms with E-state index in [0.717, 1.165) is 0 Å². The Labute approximate surface area is 94.2 Å². The van der Waals surface area contributed by atoms with Gasteiger partial charge in [0.25, 0.3) is 0 Å². The third kappa shape index (κ3) is 2.38. The molecule has 0 aromatic heterocycles. The minimum atomic E-state index is -1.08. The largest absolute Gasteiger partial charge is 0.320 e. The molecular formula is C10H17N3O3. The number of amides is 3. The lowest BCUT2D eigenvalue weighted by atomic mass is 10.0. The first kappa shape index (κ1) is 12.6. The zero-order valence-electron chi connectivity index (χ0n) is 9.74. The lowest BCUT2D eigenvalue weighted by Gasteiger charge is -2.36. The van der Waals surface area contributed by atoms with E-state index in [9.17, 15) is 14.4 Å². The van der Waals surface area contributed by atoms with Gasteiger partial charge in [-0.2, -0.15) is 0 Å². The highest BCUT2D eigenvalue weighted by atomic mass is 16.2. The fourth-order valence-electron chi connectivity index (χ4n) is 1.66. The fourth-order valence-corrected chi connectivity index (χ4v) is 1.66. The molecule has 1 saturated heterocycles. The SMILES string of the molecule is CCC1C(=O)NC(=O)CN1C(=O)C(C)(C)N. The van der Waals surface area contributed by atoms with Crippen LogP contribution in [-0.4, -0.2) is 40.7 Å². The molecule has 1 rings (SSSR count). The van der Waals surface area contributed by atoms with Crippen molar-refractivity contribution in [3.05, 3.63) is 0 Å². The first-order chi connectivity index (χ1) is 7.27. The topological polar surface area (TPSA) is 92.5 Å². The summed E-state index contributed by atoms with van der Waals surface area (Å²) in [6, 6.07) is -0.604. The van der Waals surface area contributed by atoms with Gasteiger partial charge in [0.1, 0.15) is 12.6 Å². The zero-order chi connectivity index (χ0) is 12.5. The molecule has 0 aromatic carbocycles. The minimum Gasteiger partial charge on any atom is -0.320 e. The smallest absolute Gasteiger partial charge is 0.249 e. The molecule has 3 N–H and O–H groups in total. The second-order valence-electron chi connectivity index (χ2n) is 4.49. The lowest BCUT2D eigenvalue weighted by Crippen LogP contribution is -2.64. The summed E-state index contributed by atoms with van der Waals surface area (Å²) in [7, 11) is 0. The normalized spacial score (nSPS) is 22.0. The van der Waals surface area contributed by atoms with Crippen molar-refractivity contribution in [1.29, 1.82) is 0 Å². The number of piperazine rings is 1. The molecule has 6 nitrogen and oxygen atoms in total. The number of rotatable bonds is 2. The number of hydrogen-bond donors (Lipinski definition) is 2. The molecule has 90 valence electrons. The van der Waals surface area contributed by atoms with Gasteiger partial charge in [-0.3, -0.25) is 19.7 Å². The van der Waals surface area contributed by atoms with Crippen molar-refractivity contribution in [3.63, 3.8) is 0 Å². The van der Waals surface area contributed by atoms with Crippen LogP contribution in [0.2, 0.25) is 0 Å². The summed E-state index contributed by atoms with van der Waals surface area (Å²) in [6.07, 6.45) is 0.459. The molecule has 0 aliphatic carbocycles. The number of hydrogen-bond acceptors (Lipinski definition) is 4. The Morgan fingerprint density at radius 3 is 2.56 bits per heavy atom. The molecule has 0 aromatic rings. The molecule has 6 heteroatoms. The van der Waals surface area contributed by atoms with Crippen molar-refractivity contribution in [2.75, 3.05) is 6.54 Å². The van der Waals surface area contributed by atoms with Crippen molar-refractivity contribution in [1.82, 2.24) is 10.2 Å². The third-order valence-corrected chi connectivity index (χ3v) is 2.45. The number of imide groups is 1. The Morgan fingerprint density at radius 1 is 1.56 bits per heavy atom. The Balaban J connectivity index is 2.95. The van der Waals surface area contributed by atoms with Crippen LogP contribution in [0.15, 0.2) is 0 Å². The summed E-state index contributed by atoms with van der Waals surface area (Å²) in [5, 5.41) is 2.20. The molecular weight excluding hydrogens is 210 g/mol. The van der Waals surface area contributed by atoms with E-state index in [4.69, 9.17) is 5.73 Å². The van der Waals surface area contributed by atoms with Crippen LogP contribution in [0.5, 0.6) is 0 Å². The molecule has 0 radical (unpaired) electrons. The molecule has 3 amide bonds. The van der Waals surface area contributed by atoms with Gasteiger partial charge in [0.15, 0.2) is 0 Å². The maximum Gasteiger partial charge on any atom is 0.249 e. The molecule has 1 heterocycles. The molecule has 16 heavy (non-hydrogen) atoms. The average Bonchev–Trinajstić information content (AvgIpc) is 2.14. The van der Waals surface area contributed by atoms with E-state index < -0.39 is 23.4 Å². The number of nitrogens with one attached hydrogen (secondary N) is 1. The van der Waals surface area contributed by atoms with E-state index in [1.165, 1.54) is 4.90 Å². The highest BCUT2D eigenvalue weighted by Gasteiger charge is 2.39. The van der Waals surface area contributed by atoms with E-state index >= 15 is 0 Å². The van der Waals surface area contributed by atoms with E-state index in [-0.39, 0.29) is 12.5 Å². The first-order valence-electron chi connectivity index (χ1n) is 5.21. The zero-order valence-corrected chi connectivity index (χ0v) is 9.74. The molecule has 1 aliphatic rings. The Hall–Kier alpha value is -1.43. The van der Waals surface area contributed by atoms with Gasteiger partial charge >= 0.3 is 0 Å². The third-order valence-electron chi connectivity index (χ3n) is 2.45. The number of nitrogens with zero attached hydrogens (tertiary/aromatic N) is 1. The fraction of sp³-hybridized carbons (Fsp3) is 0.700. The quantitative estimate of drug-likeness (QED) is 0.591. The van der Waals surface area contributed by atoms with E-state index in [1.807, 2.05) is 0 Å². The first-order valence-corrected chi connectivity index (χ1v) is 5.21. The van der Waals surface area contributed by atoms with Gasteiger partial charge < -0.3 is 10.6 Å². The Kier molecular flexibility index (Phi) is 3.32. The Bertz CT molecular complexity index is 333. The summed E-state index contributed by atoms with van der Waals surface area (Å²) in [4.78, 5) is 35.9. The molecule has 1 fully saturated rings. The summed E-state index contributed by atoms with van der Waals surface area (Å²) in [6.45, 7) is 4.78. The predicted octanol–water partition coefficient (Wildman–Crippen LogP) is -1.01. The molecule has 0 saturated carbocycles. The minimum absolute atomic E-state index is 0.107. The van der Waals surface area contributed by atoms with Gasteiger partial charge in [0.05, 0.1) is 5.54 Å². The maximum absolute atomic E-state index is 11.9. The number of nitrogens with two attached hydrogens (primary N) is 1. The molecule has 0 spiro atoms. The van der Waals surface area contributed by atoms with Gasteiger partial charge in [0, 0.05) is 0 Å². The van der Waals surface area contributed by atoms with E-state index in [2.05, 4.69) is 5.32 Å². The van der Waals surface area contributed by atoms with Gasteiger partial charge in [-0.1, -0.05) is 6.92 Å². The van der Waals surface area contributed by atoms with Crippen LogP contribution >= 0.6 is 0 Å². The number of carbonyl (C=O) groups excluding carboxylic acids is 3. The summed E-state index contributed by atoms with van der Waals surface area (Å²) in [5.41, 5.74) is 4.61. The molecule has 1 aliphatic heterocycles. The second-order valence-corrected chi connectivity index (χ2v) is 4.49. The van der Waals surface area contributed by atoms with Crippen LogP contribution < -0.4 is 11.1 Å². The van der Waals surface area contributed by atoms with Gasteiger partial charge in [-0.05, 0) is 20.3 Å². The van der Waals surface area contributed by atoms with Crippen molar-refractivity contribution in [3.8, 4) is 0 Å². The Morgan fingerprint density at radius 2 is 2.12 bits per heavy atom. The molecule has 1 unspecified atom stereocenters. The van der Waals surface area contributed by atoms with Crippen LogP contribution in [0, 0.1) is 0 Å². The lowest BCUT2D eigenvalue weighted by molar-refractivity contribution is -0.152. The maximum atomic E-state index is 11.9. The standard InChI is InChI=1S/C10H17N3O3/c1-4-6-8(15)12-7(14)5-13(6)9(16)10(2,3)11/h6H,4-5,11H2,1-3H3,(H,12,14,15). The monoisotopic (exact) mass is 227 g/mol. The van der Waals surface area contributed by atoms with Crippen LogP contribution in [0.3, 0.4) is 0 Å². The van der Waals surface area contributed by atoms with Gasteiger partial charge in [0.2, 0.25) is 17.7 Å². The summed E-state index contributed by atoms with van der Waals surface area (Å²) in [5.74, 6) is -1.29. The van der Waals surface area contributed by atoms with Crippen LogP contribution in [-0.2, 0) is 14.4 Å². The molecule has 0 bridgehead atoms. The van der Waals surface area contributed by atoms with Crippen molar-refractivity contribution in [2.45, 2.75) is 38.8 Å².